The van der Waals surface area contributed by atoms with E-state index in [2.05, 4.69) is 20.9 Å². The lowest BCUT2D eigenvalue weighted by Gasteiger charge is -2.37. The van der Waals surface area contributed by atoms with Crippen LogP contribution in [0.25, 0.3) is 0 Å². The maximum atomic E-state index is 13.3. The standard InChI is InChI=1S/C21H22F3N5O2/c1-9-19-16(29(3)10(2)20(30)28-19)8-17(25-9)26-12-4-11(5-12)21(31)27-13-6-14(22)18(24)15(23)7-13/h6-8,10-12H,4-5H2,1-3H3,(H,25,26)(H,27,31)(H,28,30)/t10-,11-,12-/m0/s1. The third kappa shape index (κ3) is 3.89. The van der Waals surface area contributed by atoms with Gasteiger partial charge in [0.25, 0.3) is 0 Å². The van der Waals surface area contributed by atoms with Crippen molar-refractivity contribution >= 4 is 34.7 Å². The Morgan fingerprint density at radius 1 is 1.19 bits per heavy atom. The van der Waals surface area contributed by atoms with Crippen molar-refractivity contribution in [2.75, 3.05) is 27.9 Å². The number of aryl methyl sites for hydroxylation is 1. The van der Waals surface area contributed by atoms with Gasteiger partial charge in [0.2, 0.25) is 11.8 Å². The van der Waals surface area contributed by atoms with Gasteiger partial charge in [-0.2, -0.15) is 0 Å². The summed E-state index contributed by atoms with van der Waals surface area (Å²) in [7, 11) is 1.84. The number of aromatic nitrogens is 1. The second-order valence-corrected chi connectivity index (χ2v) is 8.02. The first-order chi connectivity index (χ1) is 14.6. The van der Waals surface area contributed by atoms with Crippen molar-refractivity contribution in [1.29, 1.82) is 0 Å². The number of pyridine rings is 1. The summed E-state index contributed by atoms with van der Waals surface area (Å²) in [5.41, 5.74) is 2.10. The summed E-state index contributed by atoms with van der Waals surface area (Å²) in [6, 6.07) is 3.06. The highest BCUT2D eigenvalue weighted by Gasteiger charge is 2.35. The molecule has 10 heteroatoms. The lowest BCUT2D eigenvalue weighted by Crippen LogP contribution is -2.44. The minimum absolute atomic E-state index is 0.00306. The summed E-state index contributed by atoms with van der Waals surface area (Å²) in [6.45, 7) is 3.63. The number of rotatable bonds is 4. The summed E-state index contributed by atoms with van der Waals surface area (Å²) in [6.07, 6.45) is 1.03. The molecule has 0 radical (unpaired) electrons. The molecule has 2 aromatic rings. The normalized spacial score (nSPS) is 22.3. The minimum Gasteiger partial charge on any atom is -0.367 e. The van der Waals surface area contributed by atoms with Gasteiger partial charge in [0.1, 0.15) is 11.9 Å². The zero-order valence-corrected chi connectivity index (χ0v) is 17.2. The van der Waals surface area contributed by atoms with Crippen LogP contribution in [0.1, 0.15) is 25.5 Å². The van der Waals surface area contributed by atoms with Crippen molar-refractivity contribution in [3.05, 3.63) is 41.3 Å². The second-order valence-electron chi connectivity index (χ2n) is 8.02. The number of anilines is 4. The van der Waals surface area contributed by atoms with Crippen LogP contribution in [0.3, 0.4) is 0 Å². The quantitative estimate of drug-likeness (QED) is 0.644. The van der Waals surface area contributed by atoms with Crippen LogP contribution in [0.2, 0.25) is 0 Å². The van der Waals surface area contributed by atoms with Crippen LogP contribution in [0.15, 0.2) is 18.2 Å². The molecule has 164 valence electrons. The van der Waals surface area contributed by atoms with E-state index in [9.17, 15) is 22.8 Å². The number of carbonyl (C=O) groups excluding carboxylic acids is 2. The number of nitrogens with zero attached hydrogens (tertiary/aromatic N) is 2. The number of halogens is 3. The van der Waals surface area contributed by atoms with Crippen molar-refractivity contribution in [2.45, 2.75) is 38.8 Å². The Morgan fingerprint density at radius 2 is 1.84 bits per heavy atom. The van der Waals surface area contributed by atoms with E-state index in [1.165, 1.54) is 0 Å². The van der Waals surface area contributed by atoms with Crippen molar-refractivity contribution in [3.63, 3.8) is 0 Å². The monoisotopic (exact) mass is 433 g/mol. The number of likely N-dealkylation sites (N-methyl/N-ethyl adjacent to an activating group) is 1. The third-order valence-corrected chi connectivity index (χ3v) is 5.88. The largest absolute Gasteiger partial charge is 0.367 e. The number of fused-ring (bicyclic) bond motifs is 1. The number of hydrogen-bond donors (Lipinski definition) is 3. The van der Waals surface area contributed by atoms with Gasteiger partial charge in [-0.1, -0.05) is 0 Å². The molecule has 2 amide bonds. The number of hydrogen-bond acceptors (Lipinski definition) is 5. The van der Waals surface area contributed by atoms with E-state index in [4.69, 9.17) is 0 Å². The van der Waals surface area contributed by atoms with Gasteiger partial charge >= 0.3 is 0 Å². The lowest BCUT2D eigenvalue weighted by molar-refractivity contribution is -0.122. The Balaban J connectivity index is 1.38. The van der Waals surface area contributed by atoms with Gasteiger partial charge in [-0.15, -0.1) is 0 Å². The Hall–Kier alpha value is -3.30. The SMILES string of the molecule is Cc1nc(N[C@H]2C[C@H](C(=O)Nc3cc(F)c(F)c(F)c3)C2)cc2c1NC(=O)[C@H](C)N2C. The van der Waals surface area contributed by atoms with Gasteiger partial charge in [-0.05, 0) is 26.7 Å². The van der Waals surface area contributed by atoms with Crippen LogP contribution in [-0.2, 0) is 9.59 Å². The van der Waals surface area contributed by atoms with Crippen LogP contribution in [-0.4, -0.2) is 35.9 Å². The van der Waals surface area contributed by atoms with Gasteiger partial charge < -0.3 is 20.9 Å². The molecule has 7 nitrogen and oxygen atoms in total. The molecular formula is C21H22F3N5O2. The Bertz CT molecular complexity index is 1050. The number of carbonyl (C=O) groups is 2. The van der Waals surface area contributed by atoms with Crippen molar-refractivity contribution in [1.82, 2.24) is 4.98 Å². The topological polar surface area (TPSA) is 86.4 Å². The van der Waals surface area contributed by atoms with E-state index in [0.29, 0.717) is 30.0 Å². The van der Waals surface area contributed by atoms with E-state index in [1.807, 2.05) is 31.9 Å². The van der Waals surface area contributed by atoms with Crippen LogP contribution in [0.5, 0.6) is 0 Å². The minimum atomic E-state index is -1.57. The molecule has 0 unspecified atom stereocenters. The summed E-state index contributed by atoms with van der Waals surface area (Å²) in [5.74, 6) is -4.45. The number of benzene rings is 1. The van der Waals surface area contributed by atoms with E-state index in [1.54, 1.807) is 0 Å². The highest BCUT2D eigenvalue weighted by atomic mass is 19.2. The molecule has 2 heterocycles. The predicted molar refractivity (Wildman–Crippen MR) is 111 cm³/mol. The Morgan fingerprint density at radius 3 is 2.48 bits per heavy atom. The predicted octanol–water partition coefficient (Wildman–Crippen LogP) is 3.41. The molecule has 1 saturated carbocycles. The third-order valence-electron chi connectivity index (χ3n) is 5.88. The second kappa shape index (κ2) is 7.75. The fourth-order valence-electron chi connectivity index (χ4n) is 3.81. The molecule has 0 spiro atoms. The molecule has 0 saturated heterocycles. The van der Waals surface area contributed by atoms with Gasteiger partial charge in [0.05, 0.1) is 17.1 Å². The van der Waals surface area contributed by atoms with Crippen LogP contribution in [0.4, 0.5) is 36.1 Å². The molecule has 1 atom stereocenters. The fourth-order valence-corrected chi connectivity index (χ4v) is 3.81. The first-order valence-corrected chi connectivity index (χ1v) is 9.91. The summed E-state index contributed by atoms with van der Waals surface area (Å²) in [4.78, 5) is 30.7. The van der Waals surface area contributed by atoms with Gasteiger partial charge in [0.15, 0.2) is 17.5 Å². The molecule has 1 aliphatic carbocycles. The van der Waals surface area contributed by atoms with Gasteiger partial charge in [-0.25, -0.2) is 18.2 Å². The number of amides is 2. The highest BCUT2D eigenvalue weighted by Crippen LogP contribution is 2.37. The molecule has 1 aliphatic heterocycles. The fraction of sp³-hybridized carbons (Fsp3) is 0.381. The van der Waals surface area contributed by atoms with Crippen molar-refractivity contribution < 1.29 is 22.8 Å². The smallest absolute Gasteiger partial charge is 0.246 e. The molecule has 2 aliphatic rings. The van der Waals surface area contributed by atoms with E-state index >= 15 is 0 Å². The van der Waals surface area contributed by atoms with Crippen LogP contribution in [0, 0.1) is 30.3 Å². The van der Waals surface area contributed by atoms with Crippen molar-refractivity contribution in [3.8, 4) is 0 Å². The lowest BCUT2D eigenvalue weighted by atomic mass is 9.79. The zero-order valence-electron chi connectivity index (χ0n) is 17.2. The molecule has 4 rings (SSSR count). The highest BCUT2D eigenvalue weighted by molar-refractivity contribution is 6.04. The van der Waals surface area contributed by atoms with Gasteiger partial charge in [0, 0.05) is 42.9 Å². The molecule has 1 fully saturated rings. The Labute approximate surface area is 177 Å². The van der Waals surface area contributed by atoms with Crippen molar-refractivity contribution in [2.24, 2.45) is 5.92 Å². The molecule has 3 N–H and O–H groups in total. The molecule has 1 aromatic carbocycles. The van der Waals surface area contributed by atoms with E-state index in [-0.39, 0.29) is 35.5 Å². The average Bonchev–Trinajstić information content (AvgIpc) is 2.67. The first kappa shape index (κ1) is 21.0. The Kier molecular flexibility index (Phi) is 5.24. The van der Waals surface area contributed by atoms with E-state index in [0.717, 1.165) is 17.8 Å². The molecule has 31 heavy (non-hydrogen) atoms. The average molecular weight is 433 g/mol. The molecular weight excluding hydrogens is 411 g/mol. The van der Waals surface area contributed by atoms with Crippen LogP contribution < -0.4 is 20.9 Å². The van der Waals surface area contributed by atoms with Crippen LogP contribution >= 0.6 is 0 Å². The summed E-state index contributed by atoms with van der Waals surface area (Å²) >= 11 is 0. The molecule has 0 bridgehead atoms. The van der Waals surface area contributed by atoms with E-state index < -0.39 is 17.5 Å². The zero-order chi connectivity index (χ0) is 22.4. The molecule has 1 aromatic heterocycles. The summed E-state index contributed by atoms with van der Waals surface area (Å²) < 4.78 is 39.7. The summed E-state index contributed by atoms with van der Waals surface area (Å²) in [5, 5.41) is 8.59. The number of nitrogens with one attached hydrogen (secondary N) is 3. The maximum absolute atomic E-state index is 13.3. The first-order valence-electron chi connectivity index (χ1n) is 9.91. The van der Waals surface area contributed by atoms with Gasteiger partial charge in [-0.3, -0.25) is 9.59 Å². The maximum Gasteiger partial charge on any atom is 0.246 e.